The van der Waals surface area contributed by atoms with Crippen LogP contribution in [0.3, 0.4) is 0 Å². The highest BCUT2D eigenvalue weighted by molar-refractivity contribution is 7.84. The van der Waals surface area contributed by atoms with Crippen molar-refractivity contribution in [2.45, 2.75) is 24.6 Å². The zero-order chi connectivity index (χ0) is 15.3. The number of ether oxygens (including phenoxy) is 1. The first-order valence-electron chi connectivity index (χ1n) is 5.66. The van der Waals surface area contributed by atoms with Crippen LogP contribution >= 0.6 is 34.8 Å². The van der Waals surface area contributed by atoms with Crippen LogP contribution in [-0.2, 0) is 14.9 Å². The molecule has 0 unspecified atom stereocenters. The van der Waals surface area contributed by atoms with Gasteiger partial charge in [0.15, 0.2) is 0 Å². The van der Waals surface area contributed by atoms with Crippen LogP contribution in [0, 0.1) is 0 Å². The maximum atomic E-state index is 12.1. The van der Waals surface area contributed by atoms with Gasteiger partial charge in [0.25, 0.3) is 0 Å². The number of alkyl halides is 3. The summed E-state index contributed by atoms with van der Waals surface area (Å²) in [5.41, 5.74) is 0. The number of nitrogens with zero attached hydrogens (tertiary/aromatic N) is 1. The molecule has 6 nitrogen and oxygen atoms in total. The fraction of sp³-hybridized carbons (Fsp3) is 0.889. The van der Waals surface area contributed by atoms with Gasteiger partial charge in [-0.25, -0.2) is 8.68 Å². The fourth-order valence-corrected chi connectivity index (χ4v) is 3.21. The molecule has 1 N–H and O–H groups in total. The second-order valence-electron chi connectivity index (χ2n) is 3.78. The molecule has 1 amide bonds. The molecule has 0 bridgehead atoms. The summed E-state index contributed by atoms with van der Waals surface area (Å²) in [5.74, 6) is 0. The third kappa shape index (κ3) is 5.51. The number of amides is 1. The van der Waals surface area contributed by atoms with Gasteiger partial charge in [0.05, 0.1) is 19.6 Å². The van der Waals surface area contributed by atoms with Gasteiger partial charge in [-0.1, -0.05) is 34.8 Å². The van der Waals surface area contributed by atoms with E-state index in [1.54, 1.807) is 20.8 Å². The van der Waals surface area contributed by atoms with Crippen molar-refractivity contribution in [3.8, 4) is 0 Å². The van der Waals surface area contributed by atoms with Crippen LogP contribution < -0.4 is 4.72 Å². The van der Waals surface area contributed by atoms with Gasteiger partial charge in [-0.15, -0.1) is 0 Å². The fourth-order valence-electron chi connectivity index (χ4n) is 1.56. The largest absolute Gasteiger partial charge is 0.444 e. The van der Waals surface area contributed by atoms with E-state index in [4.69, 9.17) is 34.8 Å². The van der Waals surface area contributed by atoms with Gasteiger partial charge < -0.3 is 4.74 Å². The molecule has 0 radical (unpaired) electrons. The molecule has 0 saturated carbocycles. The zero-order valence-corrected chi connectivity index (χ0v) is 14.0. The van der Waals surface area contributed by atoms with Gasteiger partial charge in [0, 0.05) is 0 Å². The molecule has 0 aromatic carbocycles. The Hall–Kier alpha value is 0.0500. The molecule has 0 spiro atoms. The lowest BCUT2D eigenvalue weighted by Crippen LogP contribution is -2.58. The number of carbonyl (C=O) groups is 1. The van der Waals surface area contributed by atoms with Crippen molar-refractivity contribution in [3.63, 3.8) is 0 Å². The summed E-state index contributed by atoms with van der Waals surface area (Å²) in [6.07, 6.45) is -1.16. The Labute approximate surface area is 128 Å². The van der Waals surface area contributed by atoms with Crippen molar-refractivity contribution in [1.29, 1.82) is 0 Å². The summed E-state index contributed by atoms with van der Waals surface area (Å²) >= 11 is 16.2. The number of quaternary nitrogens is 1. The van der Waals surface area contributed by atoms with Gasteiger partial charge in [0.2, 0.25) is 3.79 Å². The average molecular weight is 357 g/mol. The summed E-state index contributed by atoms with van der Waals surface area (Å²) < 4.78 is 28.6. The van der Waals surface area contributed by atoms with Crippen LogP contribution in [0.5, 0.6) is 0 Å². The smallest absolute Gasteiger partial charge is 0.425 e. The molecule has 0 aromatic rings. The topological polar surface area (TPSA) is 72.5 Å². The minimum absolute atomic E-state index is 0.282. The standard InChI is InChI=1S/C9H17Cl3N2O4S/c1-4-14(5-2,6-3)19(16,17)13-8(15)18-7-9(10,11)12/h4-7H2,1-3H3/p+1. The normalized spacial score (nSPS) is 13.2. The predicted octanol–water partition coefficient (Wildman–Crippen LogP) is 2.20. The van der Waals surface area contributed by atoms with E-state index in [1.807, 2.05) is 4.72 Å². The van der Waals surface area contributed by atoms with Gasteiger partial charge in [-0.2, -0.15) is 13.1 Å². The van der Waals surface area contributed by atoms with Gasteiger partial charge in [0.1, 0.15) is 6.61 Å². The highest BCUT2D eigenvalue weighted by Crippen LogP contribution is 2.26. The van der Waals surface area contributed by atoms with Crippen LogP contribution in [-0.4, -0.2) is 48.4 Å². The lowest BCUT2D eigenvalue weighted by molar-refractivity contribution is -0.801. The van der Waals surface area contributed by atoms with Crippen LogP contribution in [0.1, 0.15) is 20.8 Å². The third-order valence-electron chi connectivity index (χ3n) is 2.82. The lowest BCUT2D eigenvalue weighted by atomic mass is 10.5. The number of halogens is 3. The number of hydrogen-bond donors (Lipinski definition) is 1. The summed E-state index contributed by atoms with van der Waals surface area (Å²) in [6, 6.07) is 0. The summed E-state index contributed by atoms with van der Waals surface area (Å²) in [7, 11) is -3.92. The molecule has 0 aliphatic heterocycles. The Balaban J connectivity index is 4.82. The number of rotatable bonds is 6. The van der Waals surface area contributed by atoms with E-state index in [0.29, 0.717) is 19.6 Å². The number of hydrogen-bond acceptors (Lipinski definition) is 4. The van der Waals surface area contributed by atoms with Gasteiger partial charge in [-0.05, 0) is 20.8 Å². The van der Waals surface area contributed by atoms with Gasteiger partial charge >= 0.3 is 16.3 Å². The summed E-state index contributed by atoms with van der Waals surface area (Å²) in [6.45, 7) is 5.58. The van der Waals surface area contributed by atoms with E-state index in [9.17, 15) is 13.2 Å². The zero-order valence-electron chi connectivity index (χ0n) is 11.0. The van der Waals surface area contributed by atoms with Crippen molar-refractivity contribution in [1.82, 2.24) is 4.72 Å². The average Bonchev–Trinajstić information content (AvgIpc) is 2.27. The predicted molar refractivity (Wildman–Crippen MR) is 75.6 cm³/mol. The van der Waals surface area contributed by atoms with E-state index in [-0.39, 0.29) is 3.89 Å². The molecule has 0 aliphatic rings. The van der Waals surface area contributed by atoms with Crippen LogP contribution in [0.25, 0.3) is 0 Å². The van der Waals surface area contributed by atoms with Gasteiger partial charge in [-0.3, -0.25) is 0 Å². The summed E-state index contributed by atoms with van der Waals surface area (Å²) in [4.78, 5) is 11.4. The molecule has 10 heteroatoms. The second-order valence-corrected chi connectivity index (χ2v) is 8.22. The number of nitrogens with one attached hydrogen (secondary N) is 1. The molecule has 0 aliphatic carbocycles. The molecule has 114 valence electrons. The Morgan fingerprint density at radius 3 is 1.89 bits per heavy atom. The molecule has 0 heterocycles. The second kappa shape index (κ2) is 7.17. The Kier molecular flexibility index (Phi) is 7.19. The van der Waals surface area contributed by atoms with E-state index >= 15 is 0 Å². The van der Waals surface area contributed by atoms with E-state index in [1.165, 1.54) is 0 Å². The monoisotopic (exact) mass is 355 g/mol. The number of carbonyl (C=O) groups excluding carboxylic acids is 1. The molecule has 0 aromatic heterocycles. The van der Waals surface area contributed by atoms with Crippen LogP contribution in [0.15, 0.2) is 0 Å². The first-order chi connectivity index (χ1) is 8.53. The first kappa shape index (κ1) is 19.1. The van der Waals surface area contributed by atoms with Crippen molar-refractivity contribution < 1.29 is 21.8 Å². The molecular weight excluding hydrogens is 339 g/mol. The molecule has 0 atom stereocenters. The van der Waals surface area contributed by atoms with Crippen molar-refractivity contribution in [2.24, 2.45) is 0 Å². The summed E-state index contributed by atoms with van der Waals surface area (Å²) in [5, 5.41) is 0. The van der Waals surface area contributed by atoms with Crippen LogP contribution in [0.2, 0.25) is 0 Å². The van der Waals surface area contributed by atoms with Crippen molar-refractivity contribution in [2.75, 3.05) is 26.2 Å². The Morgan fingerprint density at radius 1 is 1.16 bits per heavy atom. The molecule has 19 heavy (non-hydrogen) atoms. The maximum absolute atomic E-state index is 12.1. The third-order valence-corrected chi connectivity index (χ3v) is 5.36. The highest BCUT2D eigenvalue weighted by atomic mass is 35.6. The SMILES string of the molecule is CC[N+](CC)(CC)S(=O)(=O)NC(=O)OCC(Cl)(Cl)Cl. The van der Waals surface area contributed by atoms with E-state index in [0.717, 1.165) is 0 Å². The first-order valence-corrected chi connectivity index (χ1v) is 8.23. The minimum Gasteiger partial charge on any atom is -0.444 e. The Morgan fingerprint density at radius 2 is 1.58 bits per heavy atom. The molecule has 0 saturated heterocycles. The molecule has 0 rings (SSSR count). The van der Waals surface area contributed by atoms with Crippen molar-refractivity contribution in [3.05, 3.63) is 0 Å². The Bertz CT molecular complexity index is 396. The molecular formula is C9H18Cl3N2O4S+. The maximum Gasteiger partial charge on any atom is 0.425 e. The minimum atomic E-state index is -3.92. The quantitative estimate of drug-likeness (QED) is 0.585. The highest BCUT2D eigenvalue weighted by Gasteiger charge is 2.39. The van der Waals surface area contributed by atoms with Crippen LogP contribution in [0.4, 0.5) is 4.79 Å². The lowest BCUT2D eigenvalue weighted by Gasteiger charge is -2.32. The molecule has 0 fully saturated rings. The van der Waals surface area contributed by atoms with Crippen molar-refractivity contribution >= 4 is 51.1 Å². The van der Waals surface area contributed by atoms with E-state index in [2.05, 4.69) is 4.74 Å². The van der Waals surface area contributed by atoms with E-state index < -0.39 is 26.7 Å².